The molecule has 3 aromatic rings. The van der Waals surface area contributed by atoms with Crippen molar-refractivity contribution in [1.29, 1.82) is 0 Å². The van der Waals surface area contributed by atoms with Gasteiger partial charge in [0, 0.05) is 38.4 Å². The largest absolute Gasteiger partial charge is 0.497 e. The number of likely N-dealkylation sites (N-methyl/N-ethyl adjacent to an activating group) is 1. The van der Waals surface area contributed by atoms with Crippen molar-refractivity contribution in [1.82, 2.24) is 14.8 Å². The van der Waals surface area contributed by atoms with Crippen molar-refractivity contribution < 1.29 is 14.6 Å². The van der Waals surface area contributed by atoms with E-state index in [9.17, 15) is 5.11 Å². The highest BCUT2D eigenvalue weighted by molar-refractivity contribution is 5.28. The minimum Gasteiger partial charge on any atom is -0.497 e. The number of methoxy groups -OCH3 is 1. The van der Waals surface area contributed by atoms with Gasteiger partial charge in [-0.2, -0.15) is 0 Å². The van der Waals surface area contributed by atoms with Gasteiger partial charge in [-0.25, -0.2) is 0 Å². The van der Waals surface area contributed by atoms with Crippen LogP contribution in [0.3, 0.4) is 0 Å². The number of aliphatic hydroxyl groups excluding tert-OH is 1. The summed E-state index contributed by atoms with van der Waals surface area (Å²) < 4.78 is 11.1. The number of benzene rings is 2. The number of pyridine rings is 1. The Bertz CT molecular complexity index is 964. The molecule has 1 aromatic heterocycles. The third kappa shape index (κ3) is 5.85. The van der Waals surface area contributed by atoms with E-state index in [-0.39, 0.29) is 12.1 Å². The molecule has 6 heteroatoms. The second-order valence-corrected chi connectivity index (χ2v) is 8.35. The smallest absolute Gasteiger partial charge is 0.130 e. The number of likely N-dealkylation sites (tertiary alicyclic amines) is 1. The summed E-state index contributed by atoms with van der Waals surface area (Å²) in [7, 11) is 3.75. The van der Waals surface area contributed by atoms with Crippen molar-refractivity contribution in [3.63, 3.8) is 0 Å². The number of hydrogen-bond donors (Lipinski definition) is 1. The van der Waals surface area contributed by atoms with Crippen molar-refractivity contribution in [2.24, 2.45) is 0 Å². The fraction of sp³-hybridized carbons (Fsp3) is 0.346. The summed E-state index contributed by atoms with van der Waals surface area (Å²) >= 11 is 0. The van der Waals surface area contributed by atoms with E-state index in [0.717, 1.165) is 36.8 Å². The van der Waals surface area contributed by atoms with Gasteiger partial charge in [-0.05, 0) is 54.6 Å². The zero-order chi connectivity index (χ0) is 22.3. The molecule has 168 valence electrons. The third-order valence-corrected chi connectivity index (χ3v) is 5.93. The van der Waals surface area contributed by atoms with Crippen molar-refractivity contribution >= 4 is 0 Å². The van der Waals surface area contributed by atoms with Gasteiger partial charge in [-0.3, -0.25) is 14.8 Å². The molecule has 0 aliphatic carbocycles. The second-order valence-electron chi connectivity index (χ2n) is 8.35. The van der Waals surface area contributed by atoms with Crippen LogP contribution >= 0.6 is 0 Å². The zero-order valence-corrected chi connectivity index (χ0v) is 18.7. The summed E-state index contributed by atoms with van der Waals surface area (Å²) in [5.74, 6) is 1.69. The minimum absolute atomic E-state index is 0.109. The van der Waals surface area contributed by atoms with Gasteiger partial charge in [0.2, 0.25) is 0 Å². The molecule has 1 N–H and O–H groups in total. The summed E-state index contributed by atoms with van der Waals surface area (Å²) in [4.78, 5) is 8.82. The Morgan fingerprint density at radius 3 is 2.38 bits per heavy atom. The molecule has 0 radical (unpaired) electrons. The standard InChI is InChI=1S/C26H31N3O3/c1-28(15-20-6-10-23(31-2)11-7-20)25-17-29(18-26(25)30)16-21-8-12-24(13-9-21)32-19-22-5-3-4-14-27-22/h3-14,25-26,30H,15-19H2,1-2H3/t25-,26-/m1/s1. The Kier molecular flexibility index (Phi) is 7.37. The molecule has 1 fully saturated rings. The summed E-state index contributed by atoms with van der Waals surface area (Å²) in [6.45, 7) is 3.58. The van der Waals surface area contributed by atoms with Crippen LogP contribution in [0.5, 0.6) is 11.5 Å². The molecule has 0 spiro atoms. The first kappa shape index (κ1) is 22.3. The molecule has 32 heavy (non-hydrogen) atoms. The lowest BCUT2D eigenvalue weighted by molar-refractivity contribution is 0.0949. The van der Waals surface area contributed by atoms with Crippen LogP contribution in [0.25, 0.3) is 0 Å². The molecular formula is C26H31N3O3. The lowest BCUT2D eigenvalue weighted by Crippen LogP contribution is -2.40. The van der Waals surface area contributed by atoms with Gasteiger partial charge in [0.05, 0.1) is 18.9 Å². The van der Waals surface area contributed by atoms with Crippen LogP contribution in [0.15, 0.2) is 72.9 Å². The number of nitrogens with zero attached hydrogens (tertiary/aromatic N) is 3. The van der Waals surface area contributed by atoms with Crippen LogP contribution in [0.1, 0.15) is 16.8 Å². The van der Waals surface area contributed by atoms with Crippen LogP contribution in [0.2, 0.25) is 0 Å². The first-order valence-corrected chi connectivity index (χ1v) is 11.0. The molecule has 1 saturated heterocycles. The first-order valence-electron chi connectivity index (χ1n) is 11.0. The molecule has 0 saturated carbocycles. The Hall–Kier alpha value is -2.93. The summed E-state index contributed by atoms with van der Waals surface area (Å²) in [6, 6.07) is 22.2. The zero-order valence-electron chi connectivity index (χ0n) is 18.7. The lowest BCUT2D eigenvalue weighted by atomic mass is 10.1. The van der Waals surface area contributed by atoms with E-state index >= 15 is 0 Å². The highest BCUT2D eigenvalue weighted by Crippen LogP contribution is 2.22. The van der Waals surface area contributed by atoms with E-state index in [1.54, 1.807) is 13.3 Å². The van der Waals surface area contributed by atoms with Crippen LogP contribution in [-0.4, -0.2) is 59.3 Å². The predicted octanol–water partition coefficient (Wildman–Crippen LogP) is 3.35. The average molecular weight is 434 g/mol. The molecule has 0 amide bonds. The van der Waals surface area contributed by atoms with Gasteiger partial charge in [0.25, 0.3) is 0 Å². The summed E-state index contributed by atoms with van der Waals surface area (Å²) in [6.07, 6.45) is 1.41. The predicted molar refractivity (Wildman–Crippen MR) is 125 cm³/mol. The minimum atomic E-state index is -0.362. The fourth-order valence-electron chi connectivity index (χ4n) is 4.14. The van der Waals surface area contributed by atoms with Gasteiger partial charge < -0.3 is 14.6 Å². The molecule has 4 rings (SSSR count). The Labute approximate surface area is 190 Å². The molecule has 2 atom stereocenters. The molecule has 6 nitrogen and oxygen atoms in total. The average Bonchev–Trinajstić information content (AvgIpc) is 3.20. The van der Waals surface area contributed by atoms with Gasteiger partial charge in [0.15, 0.2) is 0 Å². The number of rotatable bonds is 9. The van der Waals surface area contributed by atoms with Gasteiger partial charge in [-0.15, -0.1) is 0 Å². The highest BCUT2D eigenvalue weighted by Gasteiger charge is 2.33. The topological polar surface area (TPSA) is 58.1 Å². The maximum absolute atomic E-state index is 10.7. The van der Waals surface area contributed by atoms with E-state index in [1.165, 1.54) is 11.1 Å². The Balaban J connectivity index is 1.27. The van der Waals surface area contributed by atoms with Crippen molar-refractivity contribution in [2.75, 3.05) is 27.2 Å². The first-order chi connectivity index (χ1) is 15.6. The summed E-state index contributed by atoms with van der Waals surface area (Å²) in [5, 5.41) is 10.7. The maximum atomic E-state index is 10.7. The van der Waals surface area contributed by atoms with E-state index < -0.39 is 0 Å². The van der Waals surface area contributed by atoms with Crippen LogP contribution in [0.4, 0.5) is 0 Å². The molecule has 1 aliphatic rings. The van der Waals surface area contributed by atoms with E-state index in [1.807, 2.05) is 42.5 Å². The van der Waals surface area contributed by atoms with Crippen LogP contribution in [-0.2, 0) is 19.7 Å². The van der Waals surface area contributed by atoms with E-state index in [0.29, 0.717) is 13.2 Å². The van der Waals surface area contributed by atoms with Gasteiger partial charge in [-0.1, -0.05) is 30.3 Å². The second kappa shape index (κ2) is 10.6. The number of ether oxygens (including phenoxy) is 2. The van der Waals surface area contributed by atoms with E-state index in [2.05, 4.69) is 46.1 Å². The molecular weight excluding hydrogens is 402 g/mol. The molecule has 2 heterocycles. The van der Waals surface area contributed by atoms with Crippen LogP contribution in [0, 0.1) is 0 Å². The SMILES string of the molecule is COc1ccc(CN(C)[C@@H]2CN(Cc3ccc(OCc4ccccn4)cc3)C[C@H]2O)cc1. The fourth-order valence-corrected chi connectivity index (χ4v) is 4.14. The number of aliphatic hydroxyl groups is 1. The maximum Gasteiger partial charge on any atom is 0.130 e. The lowest BCUT2D eigenvalue weighted by Gasteiger charge is -2.26. The normalized spacial score (nSPS) is 18.8. The Morgan fingerprint density at radius 2 is 1.69 bits per heavy atom. The third-order valence-electron chi connectivity index (χ3n) is 5.93. The Morgan fingerprint density at radius 1 is 0.969 bits per heavy atom. The number of β-amino-alcohol motifs (C(OH)–C–C–N with tert-alkyl or cyclic N) is 1. The van der Waals surface area contributed by atoms with Crippen molar-refractivity contribution in [2.45, 2.75) is 31.8 Å². The van der Waals surface area contributed by atoms with Crippen molar-refractivity contribution in [3.8, 4) is 11.5 Å². The highest BCUT2D eigenvalue weighted by atomic mass is 16.5. The summed E-state index contributed by atoms with van der Waals surface area (Å²) in [5.41, 5.74) is 3.33. The molecule has 0 bridgehead atoms. The van der Waals surface area contributed by atoms with Crippen molar-refractivity contribution in [3.05, 3.63) is 89.7 Å². The molecule has 0 unspecified atom stereocenters. The van der Waals surface area contributed by atoms with E-state index in [4.69, 9.17) is 9.47 Å². The monoisotopic (exact) mass is 433 g/mol. The van der Waals surface area contributed by atoms with Gasteiger partial charge >= 0.3 is 0 Å². The molecule has 2 aromatic carbocycles. The number of aromatic nitrogens is 1. The van der Waals surface area contributed by atoms with Crippen LogP contribution < -0.4 is 9.47 Å². The van der Waals surface area contributed by atoms with Gasteiger partial charge in [0.1, 0.15) is 18.1 Å². The molecule has 1 aliphatic heterocycles. The quantitative estimate of drug-likeness (QED) is 0.559. The number of hydrogen-bond acceptors (Lipinski definition) is 6.